The van der Waals surface area contributed by atoms with Gasteiger partial charge in [0.05, 0.1) is 13.2 Å². The lowest BCUT2D eigenvalue weighted by Gasteiger charge is -2.37. The molecule has 0 saturated carbocycles. The fourth-order valence-corrected chi connectivity index (χ4v) is 4.54. The van der Waals surface area contributed by atoms with E-state index in [2.05, 4.69) is 28.6 Å². The largest absolute Gasteiger partial charge is 0.444 e. The van der Waals surface area contributed by atoms with Crippen LogP contribution in [0.5, 0.6) is 0 Å². The lowest BCUT2D eigenvalue weighted by molar-refractivity contribution is 0.00666. The van der Waals surface area contributed by atoms with Gasteiger partial charge >= 0.3 is 6.09 Å². The molecule has 0 bridgehead atoms. The predicted molar refractivity (Wildman–Crippen MR) is 124 cm³/mol. The summed E-state index contributed by atoms with van der Waals surface area (Å²) >= 11 is 0. The first-order chi connectivity index (χ1) is 15.2. The van der Waals surface area contributed by atoms with Crippen molar-refractivity contribution in [2.24, 2.45) is 5.92 Å². The molecule has 2 amide bonds. The number of morpholine rings is 1. The summed E-state index contributed by atoms with van der Waals surface area (Å²) in [6.45, 7) is 15.2. The maximum atomic E-state index is 13.0. The van der Waals surface area contributed by atoms with Crippen LogP contribution in [0.4, 0.5) is 4.79 Å². The topological polar surface area (TPSA) is 76.0 Å². The zero-order chi connectivity index (χ0) is 23.3. The molecule has 2 aliphatic heterocycles. The number of carbonyl (C=O) groups excluding carboxylic acids is 2. The van der Waals surface area contributed by atoms with E-state index in [1.807, 2.05) is 39.1 Å². The van der Waals surface area contributed by atoms with Crippen LogP contribution in [0.3, 0.4) is 0 Å². The van der Waals surface area contributed by atoms with E-state index in [0.717, 1.165) is 39.1 Å². The zero-order valence-electron chi connectivity index (χ0n) is 20.3. The van der Waals surface area contributed by atoms with Crippen molar-refractivity contribution >= 4 is 12.0 Å². The standard InChI is InChI=1S/C24H40N4O4/c1-18(2)21(26-13-15-31-16-14-26)17-25-22(29)20-7-6-10-28(20)19-8-11-27(12-9-19)23(30)32-24(3,4)5/h6-7,10,18-19,21H,8-9,11-17H2,1-5H3,(H,25,29). The number of nitrogens with one attached hydrogen (secondary N) is 1. The Balaban J connectivity index is 1.56. The summed E-state index contributed by atoms with van der Waals surface area (Å²) in [7, 11) is 0. The zero-order valence-corrected chi connectivity index (χ0v) is 20.3. The highest BCUT2D eigenvalue weighted by molar-refractivity contribution is 5.92. The van der Waals surface area contributed by atoms with Crippen LogP contribution in [0, 0.1) is 5.92 Å². The van der Waals surface area contributed by atoms with Gasteiger partial charge in [0, 0.05) is 51.0 Å². The highest BCUT2D eigenvalue weighted by atomic mass is 16.6. The van der Waals surface area contributed by atoms with Crippen molar-refractivity contribution in [2.45, 2.75) is 65.1 Å². The molecule has 0 aromatic carbocycles. The van der Waals surface area contributed by atoms with E-state index >= 15 is 0 Å². The van der Waals surface area contributed by atoms with Crippen LogP contribution in [-0.2, 0) is 9.47 Å². The van der Waals surface area contributed by atoms with Crippen molar-refractivity contribution in [1.29, 1.82) is 0 Å². The number of amides is 2. The molecule has 1 aromatic heterocycles. The highest BCUT2D eigenvalue weighted by Gasteiger charge is 2.29. The average Bonchev–Trinajstić information content (AvgIpc) is 3.23. The lowest BCUT2D eigenvalue weighted by atomic mass is 10.0. The molecule has 3 heterocycles. The van der Waals surface area contributed by atoms with Gasteiger partial charge in [-0.25, -0.2) is 4.79 Å². The third-order valence-corrected chi connectivity index (χ3v) is 6.28. The van der Waals surface area contributed by atoms with Crippen molar-refractivity contribution in [3.63, 3.8) is 0 Å². The SMILES string of the molecule is CC(C)C(CNC(=O)c1cccn1C1CCN(C(=O)OC(C)(C)C)CC1)N1CCOCC1. The summed E-state index contributed by atoms with van der Waals surface area (Å²) in [4.78, 5) is 29.6. The normalized spacial score (nSPS) is 19.8. The third kappa shape index (κ3) is 6.48. The minimum atomic E-state index is -0.491. The first-order valence-electron chi connectivity index (χ1n) is 11.9. The van der Waals surface area contributed by atoms with E-state index in [4.69, 9.17) is 9.47 Å². The second-order valence-corrected chi connectivity index (χ2v) is 10.2. The number of nitrogens with zero attached hydrogens (tertiary/aromatic N) is 3. The summed E-state index contributed by atoms with van der Waals surface area (Å²) in [5, 5.41) is 3.17. The smallest absolute Gasteiger partial charge is 0.410 e. The second-order valence-electron chi connectivity index (χ2n) is 10.2. The molecule has 1 unspecified atom stereocenters. The molecular formula is C24H40N4O4. The summed E-state index contributed by atoms with van der Waals surface area (Å²) in [6.07, 6.45) is 3.32. The molecule has 1 N–H and O–H groups in total. The molecule has 3 rings (SSSR count). The molecule has 0 aliphatic carbocycles. The molecule has 0 radical (unpaired) electrons. The van der Waals surface area contributed by atoms with Crippen LogP contribution in [0.25, 0.3) is 0 Å². The van der Waals surface area contributed by atoms with E-state index in [0.29, 0.717) is 37.3 Å². The van der Waals surface area contributed by atoms with Crippen LogP contribution in [-0.4, -0.2) is 83.9 Å². The van der Waals surface area contributed by atoms with Gasteiger partial charge < -0.3 is 24.3 Å². The van der Waals surface area contributed by atoms with Crippen molar-refractivity contribution < 1.29 is 19.1 Å². The Morgan fingerprint density at radius 1 is 1.16 bits per heavy atom. The van der Waals surface area contributed by atoms with Crippen LogP contribution < -0.4 is 5.32 Å². The minimum Gasteiger partial charge on any atom is -0.444 e. The maximum Gasteiger partial charge on any atom is 0.410 e. The van der Waals surface area contributed by atoms with Crippen LogP contribution in [0.15, 0.2) is 18.3 Å². The first-order valence-corrected chi connectivity index (χ1v) is 11.9. The summed E-state index contributed by atoms with van der Waals surface area (Å²) in [5.41, 5.74) is 0.194. The number of likely N-dealkylation sites (tertiary alicyclic amines) is 1. The molecule has 8 heteroatoms. The minimum absolute atomic E-state index is 0.0384. The molecule has 180 valence electrons. The lowest BCUT2D eigenvalue weighted by Crippen LogP contribution is -2.51. The van der Waals surface area contributed by atoms with Gasteiger partial charge in [0.15, 0.2) is 0 Å². The molecule has 8 nitrogen and oxygen atoms in total. The van der Waals surface area contributed by atoms with Gasteiger partial charge in [-0.2, -0.15) is 0 Å². The number of rotatable bonds is 6. The number of hydrogen-bond acceptors (Lipinski definition) is 5. The van der Waals surface area contributed by atoms with Crippen molar-refractivity contribution in [1.82, 2.24) is 19.7 Å². The number of hydrogen-bond donors (Lipinski definition) is 1. The van der Waals surface area contributed by atoms with Gasteiger partial charge in [-0.15, -0.1) is 0 Å². The van der Waals surface area contributed by atoms with Gasteiger partial charge in [0.2, 0.25) is 0 Å². The number of carbonyl (C=O) groups is 2. The van der Waals surface area contributed by atoms with Gasteiger partial charge in [-0.1, -0.05) is 13.8 Å². The fraction of sp³-hybridized carbons (Fsp3) is 0.750. The van der Waals surface area contributed by atoms with Crippen LogP contribution in [0.2, 0.25) is 0 Å². The van der Waals surface area contributed by atoms with Crippen LogP contribution >= 0.6 is 0 Å². The van der Waals surface area contributed by atoms with Crippen molar-refractivity contribution in [2.75, 3.05) is 45.9 Å². The summed E-state index contributed by atoms with van der Waals surface area (Å²) < 4.78 is 13.0. The van der Waals surface area contributed by atoms with E-state index in [-0.39, 0.29) is 18.0 Å². The van der Waals surface area contributed by atoms with Crippen molar-refractivity contribution in [3.05, 3.63) is 24.0 Å². The Labute approximate surface area is 192 Å². The molecule has 2 fully saturated rings. The average molecular weight is 449 g/mol. The molecule has 0 spiro atoms. The Kier molecular flexibility index (Phi) is 8.22. The monoisotopic (exact) mass is 448 g/mol. The molecule has 32 heavy (non-hydrogen) atoms. The summed E-state index contributed by atoms with van der Waals surface area (Å²) in [6, 6.07) is 4.30. The number of aromatic nitrogens is 1. The molecule has 2 aliphatic rings. The van der Waals surface area contributed by atoms with Crippen LogP contribution in [0.1, 0.15) is 64.0 Å². The van der Waals surface area contributed by atoms with E-state index in [1.54, 1.807) is 4.90 Å². The van der Waals surface area contributed by atoms with Crippen molar-refractivity contribution in [3.8, 4) is 0 Å². The number of ether oxygens (including phenoxy) is 2. The van der Waals surface area contributed by atoms with Gasteiger partial charge in [-0.05, 0) is 51.7 Å². The van der Waals surface area contributed by atoms with E-state index < -0.39 is 5.60 Å². The first kappa shape index (κ1) is 24.6. The highest BCUT2D eigenvalue weighted by Crippen LogP contribution is 2.26. The van der Waals surface area contributed by atoms with E-state index in [1.165, 1.54) is 0 Å². The Morgan fingerprint density at radius 2 is 1.81 bits per heavy atom. The van der Waals surface area contributed by atoms with Gasteiger partial charge in [-0.3, -0.25) is 9.69 Å². The van der Waals surface area contributed by atoms with Gasteiger partial charge in [0.25, 0.3) is 5.91 Å². The fourth-order valence-electron chi connectivity index (χ4n) is 4.54. The third-order valence-electron chi connectivity index (χ3n) is 6.28. The molecular weight excluding hydrogens is 408 g/mol. The Hall–Kier alpha value is -2.06. The maximum absolute atomic E-state index is 13.0. The number of piperidine rings is 1. The Morgan fingerprint density at radius 3 is 2.41 bits per heavy atom. The molecule has 1 atom stereocenters. The molecule has 1 aromatic rings. The predicted octanol–water partition coefficient (Wildman–Crippen LogP) is 3.15. The Bertz CT molecular complexity index is 756. The second kappa shape index (κ2) is 10.7. The quantitative estimate of drug-likeness (QED) is 0.724. The van der Waals surface area contributed by atoms with Gasteiger partial charge in [0.1, 0.15) is 11.3 Å². The molecule has 2 saturated heterocycles. The van der Waals surface area contributed by atoms with E-state index in [9.17, 15) is 9.59 Å². The summed E-state index contributed by atoms with van der Waals surface area (Å²) in [5.74, 6) is 0.404.